The zero-order valence-corrected chi connectivity index (χ0v) is 19.1. The standard InChI is InChI=1S/C22H33N3O5S/c1-22(2,12-3-4-13-23-19-10-11-20(26)24-21(19)27)25-31(28,29)18-7-5-6-17(14-18)30-15-16-8-9-16/h5-7,14,16,19,23,25H,3-4,8-13,15H2,1-2H3,(H,24,26,27). The molecule has 9 heteroatoms. The number of hydrogen-bond donors (Lipinski definition) is 3. The molecule has 1 aliphatic carbocycles. The van der Waals surface area contributed by atoms with Gasteiger partial charge in [-0.2, -0.15) is 0 Å². The number of piperidine rings is 1. The number of rotatable bonds is 12. The summed E-state index contributed by atoms with van der Waals surface area (Å²) in [5, 5.41) is 5.50. The van der Waals surface area contributed by atoms with Gasteiger partial charge in [0.15, 0.2) is 0 Å². The Hall–Kier alpha value is -1.97. The Morgan fingerprint density at radius 1 is 1.16 bits per heavy atom. The van der Waals surface area contributed by atoms with Gasteiger partial charge in [0.1, 0.15) is 5.75 Å². The van der Waals surface area contributed by atoms with Crippen LogP contribution >= 0.6 is 0 Å². The number of amides is 2. The third kappa shape index (κ3) is 7.59. The molecule has 0 aromatic heterocycles. The molecule has 8 nitrogen and oxygen atoms in total. The van der Waals surface area contributed by atoms with Crippen LogP contribution in [0.5, 0.6) is 5.75 Å². The van der Waals surface area contributed by atoms with Crippen LogP contribution in [0.25, 0.3) is 0 Å². The molecule has 0 spiro atoms. The molecular weight excluding hydrogens is 418 g/mol. The number of carbonyl (C=O) groups is 2. The van der Waals surface area contributed by atoms with Gasteiger partial charge in [0, 0.05) is 18.0 Å². The van der Waals surface area contributed by atoms with E-state index >= 15 is 0 Å². The van der Waals surface area contributed by atoms with Crippen molar-refractivity contribution in [2.75, 3.05) is 13.2 Å². The van der Waals surface area contributed by atoms with E-state index in [2.05, 4.69) is 15.4 Å². The van der Waals surface area contributed by atoms with Crippen molar-refractivity contribution in [1.29, 1.82) is 0 Å². The molecule has 2 aliphatic rings. The van der Waals surface area contributed by atoms with E-state index in [0.717, 1.165) is 12.8 Å². The highest BCUT2D eigenvalue weighted by Crippen LogP contribution is 2.30. The molecule has 1 saturated heterocycles. The average Bonchev–Trinajstić information content (AvgIpc) is 3.51. The summed E-state index contributed by atoms with van der Waals surface area (Å²) in [6.45, 7) is 5.00. The minimum atomic E-state index is -3.67. The first-order chi connectivity index (χ1) is 14.6. The van der Waals surface area contributed by atoms with Crippen molar-refractivity contribution in [3.63, 3.8) is 0 Å². The van der Waals surface area contributed by atoms with Crippen molar-refractivity contribution in [2.45, 2.75) is 75.3 Å². The number of hydrogen-bond acceptors (Lipinski definition) is 6. The minimum Gasteiger partial charge on any atom is -0.493 e. The van der Waals surface area contributed by atoms with Crippen LogP contribution in [0.1, 0.15) is 58.8 Å². The number of sulfonamides is 1. The van der Waals surface area contributed by atoms with Crippen molar-refractivity contribution in [3.8, 4) is 5.75 Å². The Labute approximate surface area is 184 Å². The largest absolute Gasteiger partial charge is 0.493 e. The lowest BCUT2D eigenvalue weighted by Gasteiger charge is -2.26. The van der Waals surface area contributed by atoms with Crippen LogP contribution in [-0.2, 0) is 19.6 Å². The topological polar surface area (TPSA) is 114 Å². The Morgan fingerprint density at radius 3 is 2.65 bits per heavy atom. The third-order valence-electron chi connectivity index (χ3n) is 5.57. The summed E-state index contributed by atoms with van der Waals surface area (Å²) >= 11 is 0. The van der Waals surface area contributed by atoms with Gasteiger partial charge < -0.3 is 10.1 Å². The molecule has 1 heterocycles. The van der Waals surface area contributed by atoms with Gasteiger partial charge in [-0.1, -0.05) is 12.5 Å². The van der Waals surface area contributed by atoms with E-state index in [0.29, 0.717) is 44.1 Å². The van der Waals surface area contributed by atoms with E-state index in [9.17, 15) is 18.0 Å². The van der Waals surface area contributed by atoms with Gasteiger partial charge in [0.05, 0.1) is 17.5 Å². The number of benzene rings is 1. The molecule has 2 amide bonds. The van der Waals surface area contributed by atoms with Gasteiger partial charge in [0.25, 0.3) is 0 Å². The molecule has 1 aromatic carbocycles. The van der Waals surface area contributed by atoms with Crippen molar-refractivity contribution >= 4 is 21.8 Å². The van der Waals surface area contributed by atoms with Crippen LogP contribution in [-0.4, -0.2) is 45.0 Å². The maximum atomic E-state index is 12.9. The van der Waals surface area contributed by atoms with E-state index in [1.165, 1.54) is 12.8 Å². The molecule has 1 aliphatic heterocycles. The first kappa shape index (κ1) is 23.7. The van der Waals surface area contributed by atoms with Crippen molar-refractivity contribution in [2.24, 2.45) is 5.92 Å². The van der Waals surface area contributed by atoms with Gasteiger partial charge in [-0.15, -0.1) is 0 Å². The van der Waals surface area contributed by atoms with Crippen LogP contribution in [0.2, 0.25) is 0 Å². The fourth-order valence-corrected chi connectivity index (χ4v) is 5.04. The Bertz CT molecular complexity index is 896. The second kappa shape index (κ2) is 10.1. The molecule has 1 atom stereocenters. The molecular formula is C22H33N3O5S. The maximum absolute atomic E-state index is 12.9. The number of ether oxygens (including phenoxy) is 1. The predicted octanol–water partition coefficient (Wildman–Crippen LogP) is 2.10. The highest BCUT2D eigenvalue weighted by molar-refractivity contribution is 7.89. The zero-order valence-electron chi connectivity index (χ0n) is 18.3. The van der Waals surface area contributed by atoms with Crippen molar-refractivity contribution < 1.29 is 22.7 Å². The van der Waals surface area contributed by atoms with Gasteiger partial charge in [0.2, 0.25) is 21.8 Å². The lowest BCUT2D eigenvalue weighted by atomic mass is 9.98. The third-order valence-corrected chi connectivity index (χ3v) is 7.26. The molecule has 1 aromatic rings. The maximum Gasteiger partial charge on any atom is 0.243 e. The molecule has 172 valence electrons. The van der Waals surface area contributed by atoms with E-state index in [4.69, 9.17) is 4.74 Å². The van der Waals surface area contributed by atoms with E-state index in [1.54, 1.807) is 24.3 Å². The summed E-state index contributed by atoms with van der Waals surface area (Å²) in [4.78, 5) is 23.1. The lowest BCUT2D eigenvalue weighted by molar-refractivity contribution is -0.134. The van der Waals surface area contributed by atoms with Crippen molar-refractivity contribution in [1.82, 2.24) is 15.4 Å². The number of imide groups is 1. The summed E-state index contributed by atoms with van der Waals surface area (Å²) in [7, 11) is -3.67. The van der Waals surface area contributed by atoms with Crippen LogP contribution < -0.4 is 20.1 Å². The minimum absolute atomic E-state index is 0.202. The summed E-state index contributed by atoms with van der Waals surface area (Å²) in [6, 6.07) is 6.29. The van der Waals surface area contributed by atoms with E-state index < -0.39 is 15.6 Å². The fraction of sp³-hybridized carbons (Fsp3) is 0.636. The summed E-state index contributed by atoms with van der Waals surface area (Å²) in [5.74, 6) is 0.679. The molecule has 31 heavy (non-hydrogen) atoms. The Morgan fingerprint density at radius 2 is 1.94 bits per heavy atom. The number of nitrogens with one attached hydrogen (secondary N) is 3. The Balaban J connectivity index is 1.43. The molecule has 3 rings (SSSR count). The van der Waals surface area contributed by atoms with Gasteiger partial charge >= 0.3 is 0 Å². The average molecular weight is 452 g/mol. The van der Waals surface area contributed by atoms with Crippen LogP contribution in [0.4, 0.5) is 0 Å². The van der Waals surface area contributed by atoms with Gasteiger partial charge in [-0.05, 0) is 70.5 Å². The molecule has 1 unspecified atom stereocenters. The quantitative estimate of drug-likeness (QED) is 0.331. The summed E-state index contributed by atoms with van der Waals surface area (Å²) in [6.07, 6.45) is 5.47. The molecule has 1 saturated carbocycles. The summed E-state index contributed by atoms with van der Waals surface area (Å²) in [5.41, 5.74) is -0.613. The molecule has 0 radical (unpaired) electrons. The second-order valence-electron chi connectivity index (χ2n) is 9.13. The lowest BCUT2D eigenvalue weighted by Crippen LogP contribution is -2.50. The van der Waals surface area contributed by atoms with E-state index in [1.807, 2.05) is 13.8 Å². The Kier molecular flexibility index (Phi) is 7.72. The van der Waals surface area contributed by atoms with Crippen molar-refractivity contribution in [3.05, 3.63) is 24.3 Å². The zero-order chi connectivity index (χ0) is 22.5. The molecule has 2 fully saturated rings. The van der Waals surface area contributed by atoms with Crippen LogP contribution in [0.15, 0.2) is 29.2 Å². The first-order valence-electron chi connectivity index (χ1n) is 11.0. The molecule has 3 N–H and O–H groups in total. The fourth-order valence-electron chi connectivity index (χ4n) is 3.56. The van der Waals surface area contributed by atoms with Crippen LogP contribution in [0.3, 0.4) is 0 Å². The first-order valence-corrected chi connectivity index (χ1v) is 12.5. The highest BCUT2D eigenvalue weighted by Gasteiger charge is 2.28. The van der Waals surface area contributed by atoms with Gasteiger partial charge in [-0.25, -0.2) is 13.1 Å². The SMILES string of the molecule is CC(C)(CCCCNC1CCC(=O)NC1=O)NS(=O)(=O)c1cccc(OCC2CC2)c1. The highest BCUT2D eigenvalue weighted by atomic mass is 32.2. The summed E-state index contributed by atoms with van der Waals surface area (Å²) < 4.78 is 34.2. The number of carbonyl (C=O) groups excluding carboxylic acids is 2. The second-order valence-corrected chi connectivity index (χ2v) is 10.8. The van der Waals surface area contributed by atoms with Gasteiger partial charge in [-0.3, -0.25) is 14.9 Å². The number of unbranched alkanes of at least 4 members (excludes halogenated alkanes) is 1. The predicted molar refractivity (Wildman–Crippen MR) is 117 cm³/mol. The van der Waals surface area contributed by atoms with Crippen LogP contribution in [0, 0.1) is 5.92 Å². The monoisotopic (exact) mass is 451 g/mol. The molecule has 0 bridgehead atoms. The normalized spacial score (nSPS) is 19.9. The smallest absolute Gasteiger partial charge is 0.243 e. The van der Waals surface area contributed by atoms with E-state index in [-0.39, 0.29) is 22.8 Å².